The second-order valence-electron chi connectivity index (χ2n) is 8.88. The first-order chi connectivity index (χ1) is 13.0. The summed E-state index contributed by atoms with van der Waals surface area (Å²) in [6.45, 7) is 12.8. The number of Topliss-reactive ketones (excluding diaryl/α,β-unsaturated/α-hetero) is 1. The first-order valence-electron chi connectivity index (χ1n) is 10.6. The highest BCUT2D eigenvalue weighted by molar-refractivity contribution is 5.83. The van der Waals surface area contributed by atoms with Crippen molar-refractivity contribution in [2.75, 3.05) is 7.11 Å². The molecule has 0 aromatic rings. The quantitative estimate of drug-likeness (QED) is 0.693. The van der Waals surface area contributed by atoms with Gasteiger partial charge in [0.15, 0.2) is 0 Å². The molecular formula is C22H40O6. The van der Waals surface area contributed by atoms with E-state index in [-0.39, 0.29) is 35.6 Å². The van der Waals surface area contributed by atoms with Crippen LogP contribution in [0.1, 0.15) is 61.3 Å². The van der Waals surface area contributed by atoms with E-state index in [1.165, 1.54) is 0 Å². The number of hydrogen-bond donors (Lipinski definition) is 2. The van der Waals surface area contributed by atoms with Gasteiger partial charge in [-0.3, -0.25) is 9.59 Å². The first kappa shape index (κ1) is 25.1. The van der Waals surface area contributed by atoms with Crippen LogP contribution in [0.3, 0.4) is 0 Å². The van der Waals surface area contributed by atoms with Crippen molar-refractivity contribution in [2.24, 2.45) is 35.5 Å². The van der Waals surface area contributed by atoms with Gasteiger partial charge in [0.25, 0.3) is 0 Å². The molecular weight excluding hydrogens is 360 g/mol. The molecule has 1 fully saturated rings. The molecule has 0 aromatic carbocycles. The summed E-state index contributed by atoms with van der Waals surface area (Å²) in [5.41, 5.74) is 0. The number of carbonyl (C=O) groups is 2. The molecule has 1 rings (SSSR count). The summed E-state index contributed by atoms with van der Waals surface area (Å²) in [5.74, 6) is -2.66. The molecule has 10 atom stereocenters. The lowest BCUT2D eigenvalue weighted by Crippen LogP contribution is -2.45. The van der Waals surface area contributed by atoms with Crippen molar-refractivity contribution in [3.05, 3.63) is 0 Å². The lowest BCUT2D eigenvalue weighted by Gasteiger charge is -2.37. The molecule has 1 aliphatic rings. The van der Waals surface area contributed by atoms with Crippen LogP contribution in [0.25, 0.3) is 0 Å². The van der Waals surface area contributed by atoms with Crippen LogP contribution in [0, 0.1) is 35.5 Å². The number of hydrogen-bond acceptors (Lipinski definition) is 6. The van der Waals surface area contributed by atoms with Crippen LogP contribution in [-0.2, 0) is 19.1 Å². The van der Waals surface area contributed by atoms with Crippen LogP contribution in [0.2, 0.25) is 0 Å². The molecule has 6 heteroatoms. The Morgan fingerprint density at radius 1 is 0.964 bits per heavy atom. The third-order valence-electron chi connectivity index (χ3n) is 6.74. The van der Waals surface area contributed by atoms with E-state index in [0.717, 1.165) is 0 Å². The lowest BCUT2D eigenvalue weighted by molar-refractivity contribution is -0.166. The SMILES string of the molecule is CC[C@H]1OC(=O)[C@H](C)[C@@H](O)[C@H](C)[C@@H](OC)[C@@H](C)C[C@@H](C)C(=O)[C@H](C)[C@@H](O)[C@H]1C. The number of esters is 1. The normalized spacial score (nSPS) is 44.6. The summed E-state index contributed by atoms with van der Waals surface area (Å²) in [4.78, 5) is 25.6. The van der Waals surface area contributed by atoms with Gasteiger partial charge in [-0.15, -0.1) is 0 Å². The predicted molar refractivity (Wildman–Crippen MR) is 108 cm³/mol. The van der Waals surface area contributed by atoms with Crippen LogP contribution in [0.5, 0.6) is 0 Å². The van der Waals surface area contributed by atoms with Gasteiger partial charge in [-0.05, 0) is 25.7 Å². The highest BCUT2D eigenvalue weighted by atomic mass is 16.5. The Bertz CT molecular complexity index is 521. The van der Waals surface area contributed by atoms with Crippen LogP contribution in [0.4, 0.5) is 0 Å². The average Bonchev–Trinajstić information content (AvgIpc) is 2.67. The zero-order chi connectivity index (χ0) is 21.8. The summed E-state index contributed by atoms with van der Waals surface area (Å²) in [6, 6.07) is 0. The molecule has 0 unspecified atom stereocenters. The van der Waals surface area contributed by atoms with E-state index >= 15 is 0 Å². The van der Waals surface area contributed by atoms with Gasteiger partial charge in [-0.2, -0.15) is 0 Å². The summed E-state index contributed by atoms with van der Waals surface area (Å²) in [5, 5.41) is 21.6. The Morgan fingerprint density at radius 3 is 2.00 bits per heavy atom. The average molecular weight is 401 g/mol. The monoisotopic (exact) mass is 400 g/mol. The molecule has 0 radical (unpaired) electrons. The third-order valence-corrected chi connectivity index (χ3v) is 6.74. The predicted octanol–water partition coefficient (Wildman–Crippen LogP) is 2.83. The molecule has 0 bridgehead atoms. The molecule has 1 heterocycles. The second kappa shape index (κ2) is 10.7. The standard InChI is InChI=1S/C22H40O6/c1-9-17-13(4)19(24)14(5)18(23)11(2)10-12(3)21(27-8)15(6)20(25)16(7)22(26)28-17/h11-17,19-21,24-25H,9-10H2,1-8H3/t11-,12+,13+,14+,15+,16-,17-,19+,20+,21+/m1/s1. The van der Waals surface area contributed by atoms with E-state index in [0.29, 0.717) is 12.8 Å². The third kappa shape index (κ3) is 5.55. The largest absolute Gasteiger partial charge is 0.462 e. The smallest absolute Gasteiger partial charge is 0.311 e. The Kier molecular flexibility index (Phi) is 9.57. The van der Waals surface area contributed by atoms with Crippen molar-refractivity contribution in [3.8, 4) is 0 Å². The molecule has 1 aliphatic heterocycles. The first-order valence-corrected chi connectivity index (χ1v) is 10.6. The summed E-state index contributed by atoms with van der Waals surface area (Å²) in [6.07, 6.45) is -1.52. The van der Waals surface area contributed by atoms with Crippen molar-refractivity contribution in [2.45, 2.75) is 85.7 Å². The molecule has 0 aromatic heterocycles. The van der Waals surface area contributed by atoms with Crippen molar-refractivity contribution < 1.29 is 29.3 Å². The minimum atomic E-state index is -0.925. The molecule has 0 saturated carbocycles. The lowest BCUT2D eigenvalue weighted by atomic mass is 9.77. The zero-order valence-corrected chi connectivity index (χ0v) is 18.7. The fourth-order valence-corrected chi connectivity index (χ4v) is 4.67. The fourth-order valence-electron chi connectivity index (χ4n) is 4.67. The van der Waals surface area contributed by atoms with Crippen molar-refractivity contribution in [3.63, 3.8) is 0 Å². The number of rotatable bonds is 2. The Morgan fingerprint density at radius 2 is 1.50 bits per heavy atom. The number of aliphatic hydroxyl groups excluding tert-OH is 2. The molecule has 1 saturated heterocycles. The van der Waals surface area contributed by atoms with Gasteiger partial charge in [-0.25, -0.2) is 0 Å². The van der Waals surface area contributed by atoms with Gasteiger partial charge in [0, 0.05) is 30.8 Å². The Balaban J connectivity index is 3.28. The number of ketones is 1. The molecule has 0 aliphatic carbocycles. The van der Waals surface area contributed by atoms with E-state index in [1.807, 2.05) is 27.7 Å². The van der Waals surface area contributed by atoms with Crippen molar-refractivity contribution >= 4 is 11.8 Å². The number of ether oxygens (including phenoxy) is 2. The van der Waals surface area contributed by atoms with Crippen LogP contribution in [0.15, 0.2) is 0 Å². The minimum Gasteiger partial charge on any atom is -0.462 e. The summed E-state index contributed by atoms with van der Waals surface area (Å²) < 4.78 is 11.3. The van der Waals surface area contributed by atoms with Gasteiger partial charge in [0.05, 0.1) is 24.2 Å². The zero-order valence-electron chi connectivity index (χ0n) is 18.7. The van der Waals surface area contributed by atoms with Crippen LogP contribution >= 0.6 is 0 Å². The van der Waals surface area contributed by atoms with E-state index in [2.05, 4.69) is 0 Å². The maximum Gasteiger partial charge on any atom is 0.311 e. The molecule has 0 spiro atoms. The second-order valence-corrected chi connectivity index (χ2v) is 8.88. The highest BCUT2D eigenvalue weighted by Crippen LogP contribution is 2.32. The van der Waals surface area contributed by atoms with Gasteiger partial charge in [0.1, 0.15) is 11.9 Å². The Labute approximate surface area is 170 Å². The van der Waals surface area contributed by atoms with Gasteiger partial charge < -0.3 is 19.7 Å². The van der Waals surface area contributed by atoms with E-state index in [4.69, 9.17) is 9.47 Å². The van der Waals surface area contributed by atoms with Crippen molar-refractivity contribution in [1.29, 1.82) is 0 Å². The highest BCUT2D eigenvalue weighted by Gasteiger charge is 2.40. The topological polar surface area (TPSA) is 93.1 Å². The molecule has 2 N–H and O–H groups in total. The summed E-state index contributed by atoms with van der Waals surface area (Å²) in [7, 11) is 1.59. The van der Waals surface area contributed by atoms with E-state index < -0.39 is 36.1 Å². The van der Waals surface area contributed by atoms with Crippen LogP contribution in [-0.4, -0.2) is 53.5 Å². The maximum absolute atomic E-state index is 12.9. The van der Waals surface area contributed by atoms with E-state index in [9.17, 15) is 19.8 Å². The minimum absolute atomic E-state index is 0.000798. The molecule has 6 nitrogen and oxygen atoms in total. The van der Waals surface area contributed by atoms with Gasteiger partial charge >= 0.3 is 5.97 Å². The Hall–Kier alpha value is -0.980. The molecule has 28 heavy (non-hydrogen) atoms. The number of cyclic esters (lactones) is 1. The summed E-state index contributed by atoms with van der Waals surface area (Å²) >= 11 is 0. The molecule has 164 valence electrons. The number of methoxy groups -OCH3 is 1. The molecule has 0 amide bonds. The van der Waals surface area contributed by atoms with Gasteiger partial charge in [-0.1, -0.05) is 41.5 Å². The number of aliphatic hydroxyl groups is 2. The maximum atomic E-state index is 12.9. The fraction of sp³-hybridized carbons (Fsp3) is 0.909. The van der Waals surface area contributed by atoms with Crippen LogP contribution < -0.4 is 0 Å². The van der Waals surface area contributed by atoms with E-state index in [1.54, 1.807) is 27.9 Å². The van der Waals surface area contributed by atoms with Crippen molar-refractivity contribution in [1.82, 2.24) is 0 Å². The van der Waals surface area contributed by atoms with Gasteiger partial charge in [0.2, 0.25) is 0 Å². The number of carbonyl (C=O) groups excluding carboxylic acids is 2.